The summed E-state index contributed by atoms with van der Waals surface area (Å²) in [5.74, 6) is 0.527. The highest BCUT2D eigenvalue weighted by atomic mass is 79.9. The van der Waals surface area contributed by atoms with Crippen molar-refractivity contribution in [2.24, 2.45) is 0 Å². The van der Waals surface area contributed by atoms with E-state index in [1.165, 1.54) is 23.5 Å². The van der Waals surface area contributed by atoms with E-state index in [0.29, 0.717) is 20.4 Å². The van der Waals surface area contributed by atoms with E-state index in [4.69, 9.17) is 4.74 Å². The molecule has 8 heteroatoms. The van der Waals surface area contributed by atoms with Crippen LogP contribution in [-0.2, 0) is 0 Å². The van der Waals surface area contributed by atoms with Crippen LogP contribution in [0.3, 0.4) is 0 Å². The molecule has 0 atom stereocenters. The third-order valence-electron chi connectivity index (χ3n) is 1.95. The fourth-order valence-electron chi connectivity index (χ4n) is 1.19. The summed E-state index contributed by atoms with van der Waals surface area (Å²) < 4.78 is 6.07. The van der Waals surface area contributed by atoms with E-state index in [2.05, 4.69) is 26.1 Å². The SMILES string of the molecule is Cc1cc([N+](=O)[O-])ccc1Oc1nnc(Br)s1. The number of hydrogen-bond acceptors (Lipinski definition) is 6. The van der Waals surface area contributed by atoms with Crippen LogP contribution in [0.15, 0.2) is 22.1 Å². The number of non-ortho nitro benzene ring substituents is 1. The topological polar surface area (TPSA) is 78.2 Å². The largest absolute Gasteiger partial charge is 0.429 e. The quantitative estimate of drug-likeness (QED) is 0.641. The summed E-state index contributed by atoms with van der Waals surface area (Å²) >= 11 is 4.41. The predicted octanol–water partition coefficient (Wildman–Crippen LogP) is 3.31. The Kier molecular flexibility index (Phi) is 3.34. The summed E-state index contributed by atoms with van der Waals surface area (Å²) in [5.41, 5.74) is 0.707. The maximum Gasteiger partial charge on any atom is 0.300 e. The number of benzene rings is 1. The lowest BCUT2D eigenvalue weighted by molar-refractivity contribution is -0.384. The number of hydrogen-bond donors (Lipinski definition) is 0. The molecule has 2 rings (SSSR count). The van der Waals surface area contributed by atoms with E-state index < -0.39 is 4.92 Å². The number of aromatic nitrogens is 2. The van der Waals surface area contributed by atoms with Gasteiger partial charge in [-0.1, -0.05) is 5.10 Å². The Labute approximate surface area is 109 Å². The molecule has 0 saturated carbocycles. The van der Waals surface area contributed by atoms with Gasteiger partial charge in [-0.3, -0.25) is 10.1 Å². The minimum atomic E-state index is -0.446. The van der Waals surface area contributed by atoms with Gasteiger partial charge in [0.1, 0.15) is 5.75 Å². The van der Waals surface area contributed by atoms with Gasteiger partial charge in [0, 0.05) is 12.1 Å². The molecular weight excluding hydrogens is 310 g/mol. The smallest absolute Gasteiger partial charge is 0.300 e. The second kappa shape index (κ2) is 4.76. The first-order valence-corrected chi connectivity index (χ1v) is 6.09. The molecule has 1 heterocycles. The zero-order valence-corrected chi connectivity index (χ0v) is 11.0. The lowest BCUT2D eigenvalue weighted by Crippen LogP contribution is -1.91. The maximum absolute atomic E-state index is 10.6. The maximum atomic E-state index is 10.6. The van der Waals surface area contributed by atoms with Crippen LogP contribution in [0.5, 0.6) is 10.9 Å². The van der Waals surface area contributed by atoms with Crippen molar-refractivity contribution in [3.8, 4) is 10.9 Å². The minimum Gasteiger partial charge on any atom is -0.429 e. The molecule has 0 radical (unpaired) electrons. The predicted molar refractivity (Wildman–Crippen MR) is 65.5 cm³/mol. The van der Waals surface area contributed by atoms with Gasteiger partial charge in [0.25, 0.3) is 10.9 Å². The van der Waals surface area contributed by atoms with E-state index in [9.17, 15) is 10.1 Å². The molecular formula is C9H6BrN3O3S. The molecule has 1 aromatic carbocycles. The molecule has 0 spiro atoms. The summed E-state index contributed by atoms with van der Waals surface area (Å²) in [4.78, 5) is 10.1. The monoisotopic (exact) mass is 315 g/mol. The van der Waals surface area contributed by atoms with Crippen LogP contribution in [0.1, 0.15) is 5.56 Å². The Bertz CT molecular complexity index is 572. The third-order valence-corrected chi connectivity index (χ3v) is 3.18. The number of rotatable bonds is 3. The van der Waals surface area contributed by atoms with E-state index in [-0.39, 0.29) is 5.69 Å². The fraction of sp³-hybridized carbons (Fsp3) is 0.111. The highest BCUT2D eigenvalue weighted by molar-refractivity contribution is 9.11. The van der Waals surface area contributed by atoms with Crippen molar-refractivity contribution in [3.05, 3.63) is 37.8 Å². The Morgan fingerprint density at radius 2 is 2.24 bits per heavy atom. The van der Waals surface area contributed by atoms with Crippen molar-refractivity contribution in [1.29, 1.82) is 0 Å². The summed E-state index contributed by atoms with van der Waals surface area (Å²) in [6, 6.07) is 4.38. The van der Waals surface area contributed by atoms with Crippen molar-refractivity contribution < 1.29 is 9.66 Å². The third kappa shape index (κ3) is 2.77. The first kappa shape index (κ1) is 11.9. The summed E-state index contributed by atoms with van der Waals surface area (Å²) in [6.45, 7) is 1.73. The highest BCUT2D eigenvalue weighted by Crippen LogP contribution is 2.31. The lowest BCUT2D eigenvalue weighted by Gasteiger charge is -2.04. The van der Waals surface area contributed by atoms with Gasteiger partial charge in [0.2, 0.25) is 0 Å². The van der Waals surface area contributed by atoms with Crippen LogP contribution in [0.25, 0.3) is 0 Å². The fourth-order valence-corrected chi connectivity index (χ4v) is 2.12. The molecule has 88 valence electrons. The number of halogens is 1. The minimum absolute atomic E-state index is 0.0355. The molecule has 0 amide bonds. The van der Waals surface area contributed by atoms with Crippen LogP contribution in [-0.4, -0.2) is 15.1 Å². The molecule has 0 saturated heterocycles. The van der Waals surface area contributed by atoms with Crippen molar-refractivity contribution in [2.75, 3.05) is 0 Å². The molecule has 2 aromatic rings. The summed E-state index contributed by atoms with van der Waals surface area (Å²) in [5, 5.41) is 18.5. The van der Waals surface area contributed by atoms with E-state index in [0.717, 1.165) is 0 Å². The van der Waals surface area contributed by atoms with Crippen LogP contribution < -0.4 is 4.74 Å². The average molecular weight is 316 g/mol. The van der Waals surface area contributed by atoms with Crippen LogP contribution in [0.2, 0.25) is 0 Å². The van der Waals surface area contributed by atoms with Crippen molar-refractivity contribution in [3.63, 3.8) is 0 Å². The molecule has 0 aliphatic carbocycles. The van der Waals surface area contributed by atoms with Gasteiger partial charge >= 0.3 is 0 Å². The van der Waals surface area contributed by atoms with Crippen molar-refractivity contribution >= 4 is 33.0 Å². The Morgan fingerprint density at radius 1 is 1.47 bits per heavy atom. The molecule has 0 bridgehead atoms. The van der Waals surface area contributed by atoms with Crippen molar-refractivity contribution in [2.45, 2.75) is 6.92 Å². The molecule has 6 nitrogen and oxygen atoms in total. The highest BCUT2D eigenvalue weighted by Gasteiger charge is 2.11. The number of aryl methyl sites for hydroxylation is 1. The Morgan fingerprint density at radius 3 is 2.76 bits per heavy atom. The molecule has 0 aliphatic heterocycles. The normalized spacial score (nSPS) is 10.2. The van der Waals surface area contributed by atoms with Gasteiger partial charge in [-0.05, 0) is 45.8 Å². The van der Waals surface area contributed by atoms with Crippen LogP contribution in [0, 0.1) is 17.0 Å². The Balaban J connectivity index is 2.25. The molecule has 0 aliphatic rings. The second-order valence-corrected chi connectivity index (χ2v) is 5.35. The zero-order chi connectivity index (χ0) is 12.4. The van der Waals surface area contributed by atoms with Gasteiger partial charge < -0.3 is 4.74 Å². The average Bonchev–Trinajstić information content (AvgIpc) is 2.67. The zero-order valence-electron chi connectivity index (χ0n) is 8.58. The van der Waals surface area contributed by atoms with Crippen LogP contribution in [0.4, 0.5) is 5.69 Å². The molecule has 17 heavy (non-hydrogen) atoms. The first-order chi connectivity index (χ1) is 8.06. The van der Waals surface area contributed by atoms with E-state index in [1.807, 2.05) is 0 Å². The van der Waals surface area contributed by atoms with Crippen molar-refractivity contribution in [1.82, 2.24) is 10.2 Å². The molecule has 0 fully saturated rings. The molecule has 1 aromatic heterocycles. The Hall–Kier alpha value is -1.54. The van der Waals surface area contributed by atoms with Gasteiger partial charge in [-0.15, -0.1) is 5.10 Å². The summed E-state index contributed by atoms with van der Waals surface area (Å²) in [7, 11) is 0. The van der Waals surface area contributed by atoms with Gasteiger partial charge in [-0.25, -0.2) is 0 Å². The summed E-state index contributed by atoms with van der Waals surface area (Å²) in [6.07, 6.45) is 0. The van der Waals surface area contributed by atoms with Gasteiger partial charge in [0.15, 0.2) is 3.92 Å². The van der Waals surface area contributed by atoms with Gasteiger partial charge in [-0.2, -0.15) is 0 Å². The number of nitro groups is 1. The number of ether oxygens (including phenoxy) is 1. The molecule has 0 N–H and O–H groups in total. The number of nitrogens with zero attached hydrogens (tertiary/aromatic N) is 3. The van der Waals surface area contributed by atoms with E-state index in [1.54, 1.807) is 13.0 Å². The second-order valence-electron chi connectivity index (χ2n) is 3.13. The van der Waals surface area contributed by atoms with Gasteiger partial charge in [0.05, 0.1) is 4.92 Å². The first-order valence-electron chi connectivity index (χ1n) is 4.48. The molecule has 0 unspecified atom stereocenters. The van der Waals surface area contributed by atoms with Crippen LogP contribution >= 0.6 is 27.3 Å². The number of nitro benzene ring substituents is 1. The van der Waals surface area contributed by atoms with E-state index >= 15 is 0 Å². The standard InChI is InChI=1S/C9H6BrN3O3S/c1-5-4-6(13(14)15)2-3-7(5)16-9-12-11-8(10)17-9/h2-4H,1H3. The lowest BCUT2D eigenvalue weighted by atomic mass is 10.2.